The maximum absolute atomic E-state index is 12.4. The number of carbonyl (C=O) groups excluding carboxylic acids is 2. The van der Waals surface area contributed by atoms with Crippen molar-refractivity contribution < 1.29 is 19.1 Å². The molecule has 6 heteroatoms. The number of piperazine rings is 1. The summed E-state index contributed by atoms with van der Waals surface area (Å²) in [6, 6.07) is -0.451. The molecule has 0 radical (unpaired) electrons. The summed E-state index contributed by atoms with van der Waals surface area (Å²) in [6.07, 6.45) is 2.01. The summed E-state index contributed by atoms with van der Waals surface area (Å²) in [7, 11) is 1.62. The summed E-state index contributed by atoms with van der Waals surface area (Å²) in [5.41, 5.74) is -0.714. The molecule has 0 spiro atoms. The number of ether oxygens (including phenoxy) is 2. The summed E-state index contributed by atoms with van der Waals surface area (Å²) in [6.45, 7) is 5.51. The molecule has 1 saturated carbocycles. The second-order valence-electron chi connectivity index (χ2n) is 5.71. The highest BCUT2D eigenvalue weighted by Crippen LogP contribution is 2.44. The summed E-state index contributed by atoms with van der Waals surface area (Å²) in [5.74, 6) is 0.219. The van der Waals surface area contributed by atoms with Crippen LogP contribution in [-0.2, 0) is 19.1 Å². The lowest BCUT2D eigenvalue weighted by molar-refractivity contribution is -0.158. The molecule has 1 N–H and O–H groups in total. The van der Waals surface area contributed by atoms with Crippen LogP contribution in [-0.4, -0.2) is 61.8 Å². The van der Waals surface area contributed by atoms with Gasteiger partial charge in [-0.15, -0.1) is 0 Å². The number of amides is 2. The average molecular weight is 284 g/mol. The summed E-state index contributed by atoms with van der Waals surface area (Å²) < 4.78 is 10.3. The highest BCUT2D eigenvalue weighted by Gasteiger charge is 2.56. The zero-order chi connectivity index (χ0) is 14.8. The van der Waals surface area contributed by atoms with Gasteiger partial charge in [-0.05, 0) is 32.6 Å². The zero-order valence-corrected chi connectivity index (χ0v) is 12.5. The molecule has 0 aromatic rings. The van der Waals surface area contributed by atoms with E-state index in [1.165, 1.54) is 0 Å². The minimum Gasteiger partial charge on any atom is -0.382 e. The van der Waals surface area contributed by atoms with Crippen LogP contribution in [0.15, 0.2) is 0 Å². The molecule has 1 heterocycles. The number of hydrogen-bond acceptors (Lipinski definition) is 4. The standard InChI is InChI=1S/C14H24N2O4/c1-10-12(17)16(6-7-20-9-8-19-3)14(2,11-4-5-11)13(18)15-10/h10-11H,4-9H2,1-3H3,(H,15,18). The van der Waals surface area contributed by atoms with E-state index in [4.69, 9.17) is 9.47 Å². The fourth-order valence-corrected chi connectivity index (χ4v) is 2.78. The number of methoxy groups -OCH3 is 1. The summed E-state index contributed by atoms with van der Waals surface area (Å²) in [5, 5.41) is 2.79. The van der Waals surface area contributed by atoms with E-state index in [1.54, 1.807) is 18.9 Å². The predicted molar refractivity (Wildman–Crippen MR) is 73.1 cm³/mol. The topological polar surface area (TPSA) is 67.9 Å². The molecule has 2 rings (SSSR count). The molecule has 0 aromatic heterocycles. The van der Waals surface area contributed by atoms with Crippen molar-refractivity contribution in [3.05, 3.63) is 0 Å². The molecule has 6 nitrogen and oxygen atoms in total. The Labute approximate surface area is 119 Å². The Bertz CT molecular complexity index is 383. The lowest BCUT2D eigenvalue weighted by Crippen LogP contribution is -2.70. The Kier molecular flexibility index (Phi) is 4.65. The Hall–Kier alpha value is -1.14. The van der Waals surface area contributed by atoms with Gasteiger partial charge in [0, 0.05) is 13.7 Å². The van der Waals surface area contributed by atoms with Crippen molar-refractivity contribution in [2.24, 2.45) is 5.92 Å². The Morgan fingerprint density at radius 1 is 1.30 bits per heavy atom. The first kappa shape index (κ1) is 15.3. The molecule has 20 heavy (non-hydrogen) atoms. The Morgan fingerprint density at radius 2 is 2.00 bits per heavy atom. The Morgan fingerprint density at radius 3 is 2.60 bits per heavy atom. The van der Waals surface area contributed by atoms with Gasteiger partial charge >= 0.3 is 0 Å². The van der Waals surface area contributed by atoms with Crippen molar-refractivity contribution in [2.45, 2.75) is 38.3 Å². The van der Waals surface area contributed by atoms with Crippen LogP contribution in [0.2, 0.25) is 0 Å². The molecular formula is C14H24N2O4. The van der Waals surface area contributed by atoms with Crippen LogP contribution in [0.3, 0.4) is 0 Å². The quantitative estimate of drug-likeness (QED) is 0.677. The fourth-order valence-electron chi connectivity index (χ4n) is 2.78. The first-order valence-corrected chi connectivity index (χ1v) is 7.21. The molecular weight excluding hydrogens is 260 g/mol. The van der Waals surface area contributed by atoms with Crippen molar-refractivity contribution in [1.82, 2.24) is 10.2 Å². The van der Waals surface area contributed by atoms with E-state index in [1.807, 2.05) is 6.92 Å². The molecule has 0 aromatic carbocycles. The molecule has 2 atom stereocenters. The monoisotopic (exact) mass is 284 g/mol. The van der Waals surface area contributed by atoms with E-state index in [0.717, 1.165) is 12.8 Å². The molecule has 2 fully saturated rings. The van der Waals surface area contributed by atoms with Crippen LogP contribution in [0.4, 0.5) is 0 Å². The van der Waals surface area contributed by atoms with Crippen LogP contribution in [0, 0.1) is 5.92 Å². The number of nitrogens with one attached hydrogen (secondary N) is 1. The lowest BCUT2D eigenvalue weighted by Gasteiger charge is -2.46. The van der Waals surface area contributed by atoms with Crippen molar-refractivity contribution in [1.29, 1.82) is 0 Å². The van der Waals surface area contributed by atoms with Crippen molar-refractivity contribution in [3.8, 4) is 0 Å². The van der Waals surface area contributed by atoms with Gasteiger partial charge in [-0.1, -0.05) is 0 Å². The van der Waals surface area contributed by atoms with Crippen molar-refractivity contribution in [3.63, 3.8) is 0 Å². The summed E-state index contributed by atoms with van der Waals surface area (Å²) >= 11 is 0. The third kappa shape index (κ3) is 2.81. The van der Waals surface area contributed by atoms with Gasteiger partial charge in [-0.3, -0.25) is 9.59 Å². The zero-order valence-electron chi connectivity index (χ0n) is 12.5. The molecule has 0 bridgehead atoms. The van der Waals surface area contributed by atoms with E-state index in [2.05, 4.69) is 5.32 Å². The Balaban J connectivity index is 2.00. The van der Waals surface area contributed by atoms with Gasteiger partial charge < -0.3 is 19.7 Å². The smallest absolute Gasteiger partial charge is 0.246 e. The molecule has 2 amide bonds. The molecule has 2 unspecified atom stereocenters. The van der Waals surface area contributed by atoms with E-state index < -0.39 is 11.6 Å². The highest BCUT2D eigenvalue weighted by atomic mass is 16.5. The number of nitrogens with zero attached hydrogens (tertiary/aromatic N) is 1. The van der Waals surface area contributed by atoms with Gasteiger partial charge in [-0.25, -0.2) is 0 Å². The number of hydrogen-bond donors (Lipinski definition) is 1. The molecule has 114 valence electrons. The number of rotatable bonds is 7. The minimum atomic E-state index is -0.714. The number of carbonyl (C=O) groups is 2. The normalized spacial score (nSPS) is 30.6. The largest absolute Gasteiger partial charge is 0.382 e. The average Bonchev–Trinajstić information content (AvgIpc) is 3.24. The first-order chi connectivity index (χ1) is 9.51. The van der Waals surface area contributed by atoms with Crippen molar-refractivity contribution >= 4 is 11.8 Å². The third-order valence-corrected chi connectivity index (χ3v) is 4.27. The first-order valence-electron chi connectivity index (χ1n) is 7.21. The van der Waals surface area contributed by atoms with E-state index in [0.29, 0.717) is 26.4 Å². The van der Waals surface area contributed by atoms with Crippen LogP contribution < -0.4 is 5.32 Å². The van der Waals surface area contributed by atoms with Crippen LogP contribution in [0.25, 0.3) is 0 Å². The fraction of sp³-hybridized carbons (Fsp3) is 0.857. The van der Waals surface area contributed by atoms with Gasteiger partial charge in [0.2, 0.25) is 11.8 Å². The highest BCUT2D eigenvalue weighted by molar-refractivity contribution is 5.99. The van der Waals surface area contributed by atoms with Crippen LogP contribution >= 0.6 is 0 Å². The van der Waals surface area contributed by atoms with Gasteiger partial charge in [-0.2, -0.15) is 0 Å². The van der Waals surface area contributed by atoms with Crippen LogP contribution in [0.5, 0.6) is 0 Å². The van der Waals surface area contributed by atoms with Crippen LogP contribution in [0.1, 0.15) is 26.7 Å². The van der Waals surface area contributed by atoms with E-state index in [-0.39, 0.29) is 17.7 Å². The third-order valence-electron chi connectivity index (χ3n) is 4.27. The second kappa shape index (κ2) is 6.10. The second-order valence-corrected chi connectivity index (χ2v) is 5.71. The molecule has 1 aliphatic heterocycles. The van der Waals surface area contributed by atoms with Gasteiger partial charge in [0.15, 0.2) is 0 Å². The summed E-state index contributed by atoms with van der Waals surface area (Å²) in [4.78, 5) is 26.4. The van der Waals surface area contributed by atoms with E-state index >= 15 is 0 Å². The van der Waals surface area contributed by atoms with Gasteiger partial charge in [0.1, 0.15) is 11.6 Å². The van der Waals surface area contributed by atoms with Crippen molar-refractivity contribution in [2.75, 3.05) is 33.5 Å². The van der Waals surface area contributed by atoms with E-state index in [9.17, 15) is 9.59 Å². The minimum absolute atomic E-state index is 0.0191. The lowest BCUT2D eigenvalue weighted by atomic mass is 9.88. The molecule has 1 aliphatic carbocycles. The molecule has 1 saturated heterocycles. The predicted octanol–water partition coefficient (Wildman–Crippen LogP) is 0.165. The van der Waals surface area contributed by atoms with Gasteiger partial charge in [0.25, 0.3) is 0 Å². The maximum atomic E-state index is 12.4. The maximum Gasteiger partial charge on any atom is 0.246 e. The van der Waals surface area contributed by atoms with Gasteiger partial charge in [0.05, 0.1) is 19.8 Å². The SMILES string of the molecule is COCCOCCN1C(=O)C(C)NC(=O)C1(C)C1CC1. The molecule has 2 aliphatic rings.